The molecule has 0 aromatic heterocycles. The lowest BCUT2D eigenvalue weighted by molar-refractivity contribution is -0.165. The molecule has 1 rings (SSSR count). The number of alkyl halides is 3. The number of carboxylic acids is 1. The van der Waals surface area contributed by atoms with Gasteiger partial charge in [-0.25, -0.2) is 0 Å². The molecule has 0 aromatic rings. The summed E-state index contributed by atoms with van der Waals surface area (Å²) in [5.74, 6) is -4.44. The fraction of sp³-hybridized carbons (Fsp3) is 0.727. The molecule has 2 unspecified atom stereocenters. The van der Waals surface area contributed by atoms with Crippen LogP contribution in [0.25, 0.3) is 0 Å². The van der Waals surface area contributed by atoms with E-state index in [4.69, 9.17) is 5.11 Å². The van der Waals surface area contributed by atoms with Crippen LogP contribution in [0, 0.1) is 5.92 Å². The first-order chi connectivity index (χ1) is 9.11. The van der Waals surface area contributed by atoms with Gasteiger partial charge in [-0.05, 0) is 19.8 Å². The van der Waals surface area contributed by atoms with Crippen molar-refractivity contribution in [1.29, 1.82) is 0 Å². The zero-order chi connectivity index (χ0) is 15.5. The van der Waals surface area contributed by atoms with Crippen LogP contribution < -0.4 is 5.32 Å². The summed E-state index contributed by atoms with van der Waals surface area (Å²) in [6.07, 6.45) is -3.99. The number of nitrogens with one attached hydrogen (secondary N) is 1. The molecule has 0 aromatic carbocycles. The van der Waals surface area contributed by atoms with E-state index in [2.05, 4.69) is 5.32 Å². The van der Waals surface area contributed by atoms with Gasteiger partial charge in [0, 0.05) is 6.54 Å². The third-order valence-corrected chi connectivity index (χ3v) is 2.98. The number of halogens is 3. The molecule has 1 fully saturated rings. The van der Waals surface area contributed by atoms with Crippen LogP contribution in [-0.4, -0.2) is 53.1 Å². The van der Waals surface area contributed by atoms with E-state index in [1.54, 1.807) is 0 Å². The predicted octanol–water partition coefficient (Wildman–Crippen LogP) is 0.377. The fourth-order valence-corrected chi connectivity index (χ4v) is 1.86. The number of carbonyl (C=O) groups is 3. The van der Waals surface area contributed by atoms with Crippen molar-refractivity contribution in [2.24, 2.45) is 5.92 Å². The second-order valence-electron chi connectivity index (χ2n) is 4.64. The highest BCUT2D eigenvalue weighted by molar-refractivity contribution is 5.98. The molecular formula is C11H15F3N2O4. The molecule has 0 aliphatic carbocycles. The largest absolute Gasteiger partial charge is 0.481 e. The van der Waals surface area contributed by atoms with Crippen LogP contribution in [0.1, 0.15) is 19.8 Å². The van der Waals surface area contributed by atoms with Gasteiger partial charge in [-0.15, -0.1) is 0 Å². The molecule has 2 amide bonds. The van der Waals surface area contributed by atoms with Crippen LogP contribution in [0.15, 0.2) is 0 Å². The minimum Gasteiger partial charge on any atom is -0.481 e. The van der Waals surface area contributed by atoms with Crippen molar-refractivity contribution in [3.63, 3.8) is 0 Å². The number of piperidine rings is 1. The van der Waals surface area contributed by atoms with E-state index in [9.17, 15) is 27.6 Å². The van der Waals surface area contributed by atoms with Crippen molar-refractivity contribution >= 4 is 17.8 Å². The lowest BCUT2D eigenvalue weighted by Gasteiger charge is -2.33. The Morgan fingerprint density at radius 3 is 2.60 bits per heavy atom. The molecule has 9 heteroatoms. The molecule has 1 heterocycles. The Bertz CT molecular complexity index is 411. The Labute approximate surface area is 112 Å². The number of likely N-dealkylation sites (tertiary alicyclic amines) is 1. The van der Waals surface area contributed by atoms with Gasteiger partial charge in [0.15, 0.2) is 0 Å². The van der Waals surface area contributed by atoms with Crippen LogP contribution in [0.2, 0.25) is 0 Å². The Hall–Kier alpha value is -1.80. The molecule has 114 valence electrons. The normalized spacial score (nSPS) is 21.5. The molecule has 1 aliphatic heterocycles. The van der Waals surface area contributed by atoms with E-state index in [1.807, 2.05) is 0 Å². The first-order valence-electron chi connectivity index (χ1n) is 6.00. The van der Waals surface area contributed by atoms with Gasteiger partial charge in [0.25, 0.3) is 0 Å². The number of hydrogen-bond donors (Lipinski definition) is 2. The first-order valence-corrected chi connectivity index (χ1v) is 6.00. The second-order valence-corrected chi connectivity index (χ2v) is 4.64. The topological polar surface area (TPSA) is 86.7 Å². The summed E-state index contributed by atoms with van der Waals surface area (Å²) in [5, 5.41) is 10.8. The third-order valence-electron chi connectivity index (χ3n) is 2.98. The van der Waals surface area contributed by atoms with Crippen molar-refractivity contribution in [1.82, 2.24) is 10.2 Å². The highest BCUT2D eigenvalue weighted by Crippen LogP contribution is 2.20. The molecule has 0 saturated carbocycles. The summed E-state index contributed by atoms with van der Waals surface area (Å²) in [6.45, 7) is -0.260. The van der Waals surface area contributed by atoms with Crippen molar-refractivity contribution in [2.45, 2.75) is 32.0 Å². The Balaban J connectivity index is 2.65. The molecule has 2 atom stereocenters. The van der Waals surface area contributed by atoms with E-state index >= 15 is 0 Å². The molecule has 6 nitrogen and oxygen atoms in total. The highest BCUT2D eigenvalue weighted by Gasteiger charge is 2.38. The van der Waals surface area contributed by atoms with E-state index in [0.717, 1.165) is 6.92 Å². The number of aliphatic carboxylic acids is 1. The quantitative estimate of drug-likeness (QED) is 0.734. The van der Waals surface area contributed by atoms with Gasteiger partial charge in [0.1, 0.15) is 18.5 Å². The summed E-state index contributed by atoms with van der Waals surface area (Å²) in [6, 6.07) is -1.10. The standard InChI is InChI=1S/C11H15F3N2O4/c1-6(10(19)20)8(17)15-7-3-2-4-16(9(7)18)5-11(12,13)14/h6-7H,2-5H2,1H3,(H,15,17)(H,19,20). The Morgan fingerprint density at radius 1 is 1.50 bits per heavy atom. The maximum absolute atomic E-state index is 12.3. The molecule has 1 aliphatic rings. The van der Waals surface area contributed by atoms with E-state index in [0.29, 0.717) is 11.3 Å². The minimum atomic E-state index is -4.50. The minimum absolute atomic E-state index is 0.0286. The van der Waals surface area contributed by atoms with Gasteiger partial charge in [-0.1, -0.05) is 0 Å². The van der Waals surface area contributed by atoms with Crippen molar-refractivity contribution in [3.05, 3.63) is 0 Å². The predicted molar refractivity (Wildman–Crippen MR) is 60.6 cm³/mol. The average molecular weight is 296 g/mol. The summed E-state index contributed by atoms with van der Waals surface area (Å²) in [5.41, 5.74) is 0. The Kier molecular flexibility index (Phi) is 4.96. The summed E-state index contributed by atoms with van der Waals surface area (Å²) in [7, 11) is 0. The van der Waals surface area contributed by atoms with Gasteiger partial charge in [0.05, 0.1) is 0 Å². The lowest BCUT2D eigenvalue weighted by atomic mass is 10.0. The average Bonchev–Trinajstić information content (AvgIpc) is 2.31. The zero-order valence-corrected chi connectivity index (χ0v) is 10.7. The van der Waals surface area contributed by atoms with Crippen LogP contribution in [0.3, 0.4) is 0 Å². The number of rotatable bonds is 4. The lowest BCUT2D eigenvalue weighted by Crippen LogP contribution is -2.55. The summed E-state index contributed by atoms with van der Waals surface area (Å²) in [4.78, 5) is 34.5. The molecule has 0 bridgehead atoms. The van der Waals surface area contributed by atoms with Gasteiger partial charge >= 0.3 is 12.1 Å². The molecule has 0 radical (unpaired) electrons. The van der Waals surface area contributed by atoms with Crippen LogP contribution in [0.5, 0.6) is 0 Å². The molecule has 1 saturated heterocycles. The molecule has 0 spiro atoms. The van der Waals surface area contributed by atoms with Crippen LogP contribution in [-0.2, 0) is 14.4 Å². The highest BCUT2D eigenvalue weighted by atomic mass is 19.4. The number of nitrogens with zero attached hydrogens (tertiary/aromatic N) is 1. The van der Waals surface area contributed by atoms with Gasteiger partial charge < -0.3 is 15.3 Å². The number of hydrogen-bond acceptors (Lipinski definition) is 3. The van der Waals surface area contributed by atoms with E-state index in [1.165, 1.54) is 0 Å². The van der Waals surface area contributed by atoms with Crippen LogP contribution >= 0.6 is 0 Å². The van der Waals surface area contributed by atoms with Crippen molar-refractivity contribution in [2.75, 3.05) is 13.1 Å². The van der Waals surface area contributed by atoms with Crippen molar-refractivity contribution < 1.29 is 32.7 Å². The number of carboxylic acid groups (broad SMARTS) is 1. The molecule has 2 N–H and O–H groups in total. The van der Waals surface area contributed by atoms with Crippen LogP contribution in [0.4, 0.5) is 13.2 Å². The number of amides is 2. The molecular weight excluding hydrogens is 281 g/mol. The maximum atomic E-state index is 12.3. The smallest absolute Gasteiger partial charge is 0.406 e. The Morgan fingerprint density at radius 2 is 2.10 bits per heavy atom. The van der Waals surface area contributed by atoms with Gasteiger partial charge in [-0.2, -0.15) is 13.2 Å². The summed E-state index contributed by atoms with van der Waals surface area (Å²) < 4.78 is 36.8. The fourth-order valence-electron chi connectivity index (χ4n) is 1.86. The summed E-state index contributed by atoms with van der Waals surface area (Å²) >= 11 is 0. The SMILES string of the molecule is CC(C(=O)O)C(=O)NC1CCCN(CC(F)(F)F)C1=O. The maximum Gasteiger partial charge on any atom is 0.406 e. The second kappa shape index (κ2) is 6.10. The van der Waals surface area contributed by atoms with Gasteiger partial charge in [0.2, 0.25) is 11.8 Å². The van der Waals surface area contributed by atoms with E-state index in [-0.39, 0.29) is 13.0 Å². The number of carbonyl (C=O) groups excluding carboxylic acids is 2. The third kappa shape index (κ3) is 4.39. The zero-order valence-electron chi connectivity index (χ0n) is 10.7. The van der Waals surface area contributed by atoms with Gasteiger partial charge in [-0.3, -0.25) is 14.4 Å². The van der Waals surface area contributed by atoms with E-state index < -0.39 is 42.5 Å². The first kappa shape index (κ1) is 16.3. The monoisotopic (exact) mass is 296 g/mol. The molecule has 20 heavy (non-hydrogen) atoms. The van der Waals surface area contributed by atoms with Crippen molar-refractivity contribution in [3.8, 4) is 0 Å².